The maximum atomic E-state index is 6.02. The van der Waals surface area contributed by atoms with Crippen LogP contribution in [0.4, 0.5) is 0 Å². The van der Waals surface area contributed by atoms with Crippen LogP contribution in [-0.2, 0) is 12.8 Å². The Morgan fingerprint density at radius 1 is 1.33 bits per heavy atom. The maximum absolute atomic E-state index is 6.02. The van der Waals surface area contributed by atoms with Gasteiger partial charge in [-0.15, -0.1) is 0 Å². The molecule has 0 fully saturated rings. The van der Waals surface area contributed by atoms with E-state index < -0.39 is 0 Å². The van der Waals surface area contributed by atoms with Crippen molar-refractivity contribution in [3.05, 3.63) is 34.3 Å². The van der Waals surface area contributed by atoms with Crippen LogP contribution >= 0.6 is 11.6 Å². The highest BCUT2D eigenvalue weighted by molar-refractivity contribution is 6.30. The van der Waals surface area contributed by atoms with Gasteiger partial charge >= 0.3 is 0 Å². The fourth-order valence-electron chi connectivity index (χ4n) is 2.43. The highest BCUT2D eigenvalue weighted by atomic mass is 35.5. The number of hydrogen-bond acceptors (Lipinski definition) is 2. The molecule has 1 atom stereocenters. The maximum Gasteiger partial charge on any atom is 0.0408 e. The zero-order chi connectivity index (χ0) is 13.1. The van der Waals surface area contributed by atoms with Crippen molar-refractivity contribution >= 4 is 11.6 Å². The molecule has 0 bridgehead atoms. The van der Waals surface area contributed by atoms with Gasteiger partial charge in [0.05, 0.1) is 0 Å². The predicted octanol–water partition coefficient (Wildman–Crippen LogP) is 2.74. The first-order valence-electron chi connectivity index (χ1n) is 6.77. The quantitative estimate of drug-likeness (QED) is 0.882. The summed E-state index contributed by atoms with van der Waals surface area (Å²) in [6, 6.07) is 7.47. The number of hydrogen-bond donors (Lipinski definition) is 1. The molecule has 0 spiro atoms. The second-order valence-electron chi connectivity index (χ2n) is 5.55. The first-order chi connectivity index (χ1) is 8.56. The monoisotopic (exact) mass is 266 g/mol. The molecule has 0 aromatic heterocycles. The molecule has 1 aromatic carbocycles. The number of rotatable bonds is 5. The molecular weight excluding hydrogens is 244 g/mol. The van der Waals surface area contributed by atoms with Gasteiger partial charge in [-0.2, -0.15) is 0 Å². The van der Waals surface area contributed by atoms with E-state index in [1.54, 1.807) is 0 Å². The first kappa shape index (κ1) is 13.9. The average molecular weight is 267 g/mol. The van der Waals surface area contributed by atoms with Crippen molar-refractivity contribution in [1.82, 2.24) is 10.2 Å². The second-order valence-corrected chi connectivity index (χ2v) is 5.98. The smallest absolute Gasteiger partial charge is 0.0408 e. The van der Waals surface area contributed by atoms with Crippen LogP contribution in [0, 0.1) is 0 Å². The Morgan fingerprint density at radius 3 is 2.78 bits per heavy atom. The van der Waals surface area contributed by atoms with Crippen LogP contribution in [0.25, 0.3) is 0 Å². The number of likely N-dealkylation sites (N-methyl/N-ethyl adjacent to an activating group) is 1. The molecule has 3 heteroatoms. The van der Waals surface area contributed by atoms with Crippen LogP contribution < -0.4 is 5.32 Å². The highest BCUT2D eigenvalue weighted by Crippen LogP contribution is 2.25. The van der Waals surface area contributed by atoms with E-state index in [0.29, 0.717) is 12.1 Å². The summed E-state index contributed by atoms with van der Waals surface area (Å²) in [7, 11) is 2.18. The molecule has 1 unspecified atom stereocenters. The Kier molecular flexibility index (Phi) is 4.66. The molecule has 2 rings (SSSR count). The number of halogens is 1. The predicted molar refractivity (Wildman–Crippen MR) is 78.4 cm³/mol. The fraction of sp³-hybridized carbons (Fsp3) is 0.600. The van der Waals surface area contributed by atoms with E-state index in [9.17, 15) is 0 Å². The summed E-state index contributed by atoms with van der Waals surface area (Å²) in [5, 5.41) is 4.50. The van der Waals surface area contributed by atoms with Crippen molar-refractivity contribution in [2.75, 3.05) is 20.1 Å². The lowest BCUT2D eigenvalue weighted by Crippen LogP contribution is -2.38. The van der Waals surface area contributed by atoms with Crippen molar-refractivity contribution in [1.29, 1.82) is 0 Å². The van der Waals surface area contributed by atoms with Crippen molar-refractivity contribution in [2.45, 2.75) is 38.8 Å². The summed E-state index contributed by atoms with van der Waals surface area (Å²) in [4.78, 5) is 2.37. The Hall–Kier alpha value is -0.570. The molecule has 0 heterocycles. The van der Waals surface area contributed by atoms with Gasteiger partial charge < -0.3 is 10.2 Å². The van der Waals surface area contributed by atoms with Gasteiger partial charge in [0.1, 0.15) is 0 Å². The molecular formula is C15H23ClN2. The largest absolute Gasteiger partial charge is 0.312 e. The third-order valence-corrected chi connectivity index (χ3v) is 4.12. The van der Waals surface area contributed by atoms with Crippen LogP contribution in [0.15, 0.2) is 18.2 Å². The Balaban J connectivity index is 1.78. The minimum Gasteiger partial charge on any atom is -0.312 e. The van der Waals surface area contributed by atoms with Gasteiger partial charge in [-0.05, 0) is 57.0 Å². The van der Waals surface area contributed by atoms with E-state index in [2.05, 4.69) is 43.2 Å². The van der Waals surface area contributed by atoms with Crippen LogP contribution in [0.5, 0.6) is 0 Å². The zero-order valence-electron chi connectivity index (χ0n) is 11.5. The Morgan fingerprint density at radius 2 is 2.06 bits per heavy atom. The molecule has 0 saturated carbocycles. The molecule has 0 radical (unpaired) electrons. The van der Waals surface area contributed by atoms with Gasteiger partial charge in [0, 0.05) is 30.2 Å². The third kappa shape index (κ3) is 3.47. The SMILES string of the molecule is CC(C)N(C)CCNC1Cc2ccc(Cl)cc2C1. The van der Waals surface area contributed by atoms with Gasteiger partial charge in [-0.25, -0.2) is 0 Å². The van der Waals surface area contributed by atoms with Crippen molar-refractivity contribution in [2.24, 2.45) is 0 Å². The molecule has 2 nitrogen and oxygen atoms in total. The van der Waals surface area contributed by atoms with Crippen LogP contribution in [-0.4, -0.2) is 37.1 Å². The molecule has 100 valence electrons. The summed E-state index contributed by atoms with van der Waals surface area (Å²) in [6.07, 6.45) is 2.25. The minimum absolute atomic E-state index is 0.582. The summed E-state index contributed by atoms with van der Waals surface area (Å²) in [5.41, 5.74) is 2.87. The fourth-order valence-corrected chi connectivity index (χ4v) is 2.63. The zero-order valence-corrected chi connectivity index (χ0v) is 12.3. The van der Waals surface area contributed by atoms with Crippen molar-refractivity contribution < 1.29 is 0 Å². The number of benzene rings is 1. The first-order valence-corrected chi connectivity index (χ1v) is 7.15. The van der Waals surface area contributed by atoms with Gasteiger partial charge in [0.15, 0.2) is 0 Å². The van der Waals surface area contributed by atoms with Gasteiger partial charge in [0.25, 0.3) is 0 Å². The number of fused-ring (bicyclic) bond motifs is 1. The lowest BCUT2D eigenvalue weighted by atomic mass is 10.1. The third-order valence-electron chi connectivity index (χ3n) is 3.88. The Bertz CT molecular complexity index is 403. The normalized spacial score (nSPS) is 18.7. The van der Waals surface area contributed by atoms with Gasteiger partial charge in [0.2, 0.25) is 0 Å². The molecule has 0 aliphatic heterocycles. The topological polar surface area (TPSA) is 15.3 Å². The Labute approximate surface area is 115 Å². The van der Waals surface area contributed by atoms with Gasteiger partial charge in [-0.3, -0.25) is 0 Å². The molecule has 0 amide bonds. The van der Waals surface area contributed by atoms with Crippen LogP contribution in [0.2, 0.25) is 5.02 Å². The number of nitrogens with zero attached hydrogens (tertiary/aromatic N) is 1. The molecule has 1 aromatic rings. The van der Waals surface area contributed by atoms with Crippen LogP contribution in [0.1, 0.15) is 25.0 Å². The summed E-state index contributed by atoms with van der Waals surface area (Å²) >= 11 is 6.02. The van der Waals surface area contributed by atoms with E-state index in [4.69, 9.17) is 11.6 Å². The lowest BCUT2D eigenvalue weighted by Gasteiger charge is -2.22. The van der Waals surface area contributed by atoms with E-state index >= 15 is 0 Å². The standard InChI is InChI=1S/C15H23ClN2/c1-11(2)18(3)7-6-17-15-9-12-4-5-14(16)8-13(12)10-15/h4-5,8,11,15,17H,6-7,9-10H2,1-3H3. The summed E-state index contributed by atoms with van der Waals surface area (Å²) in [5.74, 6) is 0. The molecule has 1 aliphatic rings. The van der Waals surface area contributed by atoms with Crippen molar-refractivity contribution in [3.63, 3.8) is 0 Å². The van der Waals surface area contributed by atoms with Gasteiger partial charge in [-0.1, -0.05) is 17.7 Å². The average Bonchev–Trinajstić information content (AvgIpc) is 2.70. The molecule has 0 saturated heterocycles. The second kappa shape index (κ2) is 6.05. The number of nitrogens with one attached hydrogen (secondary N) is 1. The molecule has 18 heavy (non-hydrogen) atoms. The summed E-state index contributed by atoms with van der Waals surface area (Å²) in [6.45, 7) is 6.62. The van der Waals surface area contributed by atoms with E-state index in [-0.39, 0.29) is 0 Å². The van der Waals surface area contributed by atoms with E-state index in [1.807, 2.05) is 6.07 Å². The minimum atomic E-state index is 0.582. The van der Waals surface area contributed by atoms with E-state index in [0.717, 1.165) is 31.0 Å². The van der Waals surface area contributed by atoms with Crippen molar-refractivity contribution in [3.8, 4) is 0 Å². The highest BCUT2D eigenvalue weighted by Gasteiger charge is 2.20. The molecule has 1 aliphatic carbocycles. The van der Waals surface area contributed by atoms with Crippen LogP contribution in [0.3, 0.4) is 0 Å². The molecule has 1 N–H and O–H groups in total. The van der Waals surface area contributed by atoms with E-state index in [1.165, 1.54) is 11.1 Å². The lowest BCUT2D eigenvalue weighted by molar-refractivity contribution is 0.269. The summed E-state index contributed by atoms with van der Waals surface area (Å²) < 4.78 is 0.